The molecule has 0 heterocycles. The molecule has 0 spiro atoms. The highest BCUT2D eigenvalue weighted by molar-refractivity contribution is 5.13. The zero-order chi connectivity index (χ0) is 16.5. The molecule has 0 saturated heterocycles. The van der Waals surface area contributed by atoms with Gasteiger partial charge in [-0.3, -0.25) is 0 Å². The van der Waals surface area contributed by atoms with Crippen molar-refractivity contribution in [2.24, 2.45) is 17.3 Å². The zero-order valence-electron chi connectivity index (χ0n) is 16.1. The van der Waals surface area contributed by atoms with Gasteiger partial charge in [-0.1, -0.05) is 71.3 Å². The van der Waals surface area contributed by atoms with E-state index in [0.717, 1.165) is 11.8 Å². The van der Waals surface area contributed by atoms with Gasteiger partial charge in [-0.15, -0.1) is 0 Å². The molecule has 0 aromatic carbocycles. The van der Waals surface area contributed by atoms with Gasteiger partial charge in [0.05, 0.1) is 0 Å². The van der Waals surface area contributed by atoms with Crippen LogP contribution in [0, 0.1) is 17.3 Å². The number of allylic oxidation sites excluding steroid dienone is 4. The second-order valence-corrected chi connectivity index (χ2v) is 7.73. The van der Waals surface area contributed by atoms with Crippen molar-refractivity contribution in [3.8, 4) is 0 Å². The predicted molar refractivity (Wildman–Crippen MR) is 98.7 cm³/mol. The van der Waals surface area contributed by atoms with Crippen molar-refractivity contribution in [2.45, 2.75) is 93.9 Å². The highest BCUT2D eigenvalue weighted by atomic mass is 14.3. The van der Waals surface area contributed by atoms with E-state index < -0.39 is 0 Å². The normalized spacial score (nSPS) is 15.7. The summed E-state index contributed by atoms with van der Waals surface area (Å²) >= 11 is 0. The number of hydrogen-bond donors (Lipinski definition) is 0. The standard InChI is InChI=1S/C21H40/c1-9-11-14-20(16-18(5)10-2)15-12-13-19(6)21(7,8)17(3)4/h10,14,17,19H,9,11-13,15-16H2,1-8H3. The SMILES string of the molecule is CC=C(C)CC(=CCCC)CCCC(C)C(C)(C)C(C)C. The number of hydrogen-bond acceptors (Lipinski definition) is 0. The molecule has 0 bridgehead atoms. The first kappa shape index (κ1) is 20.5. The van der Waals surface area contributed by atoms with Crippen LogP contribution in [0.5, 0.6) is 0 Å². The third-order valence-corrected chi connectivity index (χ3v) is 5.61. The summed E-state index contributed by atoms with van der Waals surface area (Å²) in [6.45, 7) is 18.7. The molecular weight excluding hydrogens is 252 g/mol. The van der Waals surface area contributed by atoms with E-state index in [0.29, 0.717) is 5.41 Å². The molecule has 0 fully saturated rings. The lowest BCUT2D eigenvalue weighted by Gasteiger charge is -2.36. The summed E-state index contributed by atoms with van der Waals surface area (Å²) < 4.78 is 0. The minimum atomic E-state index is 0.451. The van der Waals surface area contributed by atoms with E-state index in [-0.39, 0.29) is 0 Å². The zero-order valence-corrected chi connectivity index (χ0v) is 16.1. The van der Waals surface area contributed by atoms with Crippen LogP contribution in [0.15, 0.2) is 23.3 Å². The fourth-order valence-corrected chi connectivity index (χ4v) is 2.65. The van der Waals surface area contributed by atoms with Crippen molar-refractivity contribution < 1.29 is 0 Å². The van der Waals surface area contributed by atoms with Crippen molar-refractivity contribution in [1.82, 2.24) is 0 Å². The molecular formula is C21H40. The summed E-state index contributed by atoms with van der Waals surface area (Å²) in [5, 5.41) is 0. The van der Waals surface area contributed by atoms with Crippen LogP contribution in [0.4, 0.5) is 0 Å². The highest BCUT2D eigenvalue weighted by Crippen LogP contribution is 2.37. The minimum Gasteiger partial charge on any atom is -0.0884 e. The van der Waals surface area contributed by atoms with Crippen LogP contribution in [0.25, 0.3) is 0 Å². The summed E-state index contributed by atoms with van der Waals surface area (Å²) in [6.07, 6.45) is 12.4. The van der Waals surface area contributed by atoms with E-state index >= 15 is 0 Å². The van der Waals surface area contributed by atoms with Crippen LogP contribution >= 0.6 is 0 Å². The first-order valence-electron chi connectivity index (χ1n) is 9.05. The Morgan fingerprint density at radius 1 is 1.14 bits per heavy atom. The van der Waals surface area contributed by atoms with Crippen LogP contribution in [0.3, 0.4) is 0 Å². The van der Waals surface area contributed by atoms with Crippen LogP contribution < -0.4 is 0 Å². The molecule has 0 nitrogen and oxygen atoms in total. The largest absolute Gasteiger partial charge is 0.0884 e. The topological polar surface area (TPSA) is 0 Å². The Morgan fingerprint density at radius 3 is 2.24 bits per heavy atom. The van der Waals surface area contributed by atoms with Gasteiger partial charge in [-0.2, -0.15) is 0 Å². The summed E-state index contributed by atoms with van der Waals surface area (Å²) in [6, 6.07) is 0. The van der Waals surface area contributed by atoms with Gasteiger partial charge in [-0.05, 0) is 63.2 Å². The average molecular weight is 293 g/mol. The molecule has 1 unspecified atom stereocenters. The van der Waals surface area contributed by atoms with Gasteiger partial charge < -0.3 is 0 Å². The van der Waals surface area contributed by atoms with Crippen molar-refractivity contribution in [3.05, 3.63) is 23.3 Å². The molecule has 124 valence electrons. The lowest BCUT2D eigenvalue weighted by Crippen LogP contribution is -2.27. The van der Waals surface area contributed by atoms with Crippen LogP contribution in [0.2, 0.25) is 0 Å². The van der Waals surface area contributed by atoms with Crippen molar-refractivity contribution in [1.29, 1.82) is 0 Å². The fourth-order valence-electron chi connectivity index (χ4n) is 2.65. The van der Waals surface area contributed by atoms with E-state index in [2.05, 4.69) is 67.5 Å². The van der Waals surface area contributed by atoms with Gasteiger partial charge in [0.2, 0.25) is 0 Å². The van der Waals surface area contributed by atoms with E-state index in [1.165, 1.54) is 44.1 Å². The van der Waals surface area contributed by atoms with E-state index in [9.17, 15) is 0 Å². The van der Waals surface area contributed by atoms with Gasteiger partial charge in [-0.25, -0.2) is 0 Å². The quantitative estimate of drug-likeness (QED) is 0.364. The Balaban J connectivity index is 4.43. The van der Waals surface area contributed by atoms with E-state index in [4.69, 9.17) is 0 Å². The Hall–Kier alpha value is -0.520. The third kappa shape index (κ3) is 7.88. The summed E-state index contributed by atoms with van der Waals surface area (Å²) in [7, 11) is 0. The minimum absolute atomic E-state index is 0.451. The molecule has 0 saturated carbocycles. The van der Waals surface area contributed by atoms with Crippen molar-refractivity contribution in [2.75, 3.05) is 0 Å². The smallest absolute Gasteiger partial charge is 0.0111 e. The van der Waals surface area contributed by atoms with Gasteiger partial charge in [0, 0.05) is 0 Å². The molecule has 0 rings (SSSR count). The van der Waals surface area contributed by atoms with E-state index in [1.807, 2.05) is 0 Å². The maximum atomic E-state index is 2.49. The lowest BCUT2D eigenvalue weighted by atomic mass is 9.70. The monoisotopic (exact) mass is 292 g/mol. The third-order valence-electron chi connectivity index (χ3n) is 5.61. The summed E-state index contributed by atoms with van der Waals surface area (Å²) in [5.74, 6) is 1.56. The molecule has 0 aliphatic rings. The molecule has 0 aliphatic heterocycles. The van der Waals surface area contributed by atoms with Crippen LogP contribution in [0.1, 0.15) is 93.9 Å². The van der Waals surface area contributed by atoms with Crippen LogP contribution in [-0.4, -0.2) is 0 Å². The molecule has 0 aromatic rings. The molecule has 1 atom stereocenters. The van der Waals surface area contributed by atoms with Crippen molar-refractivity contribution in [3.63, 3.8) is 0 Å². The maximum Gasteiger partial charge on any atom is -0.0111 e. The molecule has 0 amide bonds. The highest BCUT2D eigenvalue weighted by Gasteiger charge is 2.28. The predicted octanol–water partition coefficient (Wildman–Crippen LogP) is 7.56. The van der Waals surface area contributed by atoms with Gasteiger partial charge >= 0.3 is 0 Å². The van der Waals surface area contributed by atoms with Gasteiger partial charge in [0.15, 0.2) is 0 Å². The molecule has 0 heteroatoms. The molecule has 21 heavy (non-hydrogen) atoms. The Bertz CT molecular complexity index is 328. The van der Waals surface area contributed by atoms with Gasteiger partial charge in [0.1, 0.15) is 0 Å². The Morgan fingerprint density at radius 2 is 1.76 bits per heavy atom. The summed E-state index contributed by atoms with van der Waals surface area (Å²) in [5.41, 5.74) is 3.61. The van der Waals surface area contributed by atoms with E-state index in [1.54, 1.807) is 5.57 Å². The molecule has 0 radical (unpaired) electrons. The number of unbranched alkanes of at least 4 members (excludes halogenated alkanes) is 1. The lowest BCUT2D eigenvalue weighted by molar-refractivity contribution is 0.141. The maximum absolute atomic E-state index is 2.49. The second kappa shape index (κ2) is 10.2. The summed E-state index contributed by atoms with van der Waals surface area (Å²) in [4.78, 5) is 0. The first-order chi connectivity index (χ1) is 9.75. The number of rotatable bonds is 10. The first-order valence-corrected chi connectivity index (χ1v) is 9.05. The second-order valence-electron chi connectivity index (χ2n) is 7.73. The molecule has 0 N–H and O–H groups in total. The van der Waals surface area contributed by atoms with Crippen LogP contribution in [-0.2, 0) is 0 Å². The molecule has 0 aliphatic carbocycles. The molecule has 0 aromatic heterocycles. The van der Waals surface area contributed by atoms with Gasteiger partial charge in [0.25, 0.3) is 0 Å². The van der Waals surface area contributed by atoms with Crippen molar-refractivity contribution >= 4 is 0 Å². The fraction of sp³-hybridized carbons (Fsp3) is 0.810. The Kier molecular flexibility index (Phi) is 9.99. The average Bonchev–Trinajstić information content (AvgIpc) is 2.43. The Labute approximate surface area is 135 Å².